The second-order valence-corrected chi connectivity index (χ2v) is 7.81. The van der Waals surface area contributed by atoms with Crippen LogP contribution in [0.3, 0.4) is 0 Å². The van der Waals surface area contributed by atoms with Crippen molar-refractivity contribution >= 4 is 21.7 Å². The van der Waals surface area contributed by atoms with Crippen LogP contribution in [0.5, 0.6) is 0 Å². The van der Waals surface area contributed by atoms with E-state index in [0.717, 1.165) is 18.4 Å². The van der Waals surface area contributed by atoms with E-state index < -0.39 is 10.0 Å². The monoisotopic (exact) mass is 375 g/mol. The lowest BCUT2D eigenvalue weighted by Crippen LogP contribution is -2.36. The Balaban J connectivity index is 1.75. The second-order valence-electron chi connectivity index (χ2n) is 6.04. The first kappa shape index (κ1) is 19.9. The number of aryl methyl sites for hydroxylation is 2. The van der Waals surface area contributed by atoms with Crippen LogP contribution in [0.4, 0.5) is 10.5 Å². The molecule has 2 amide bonds. The number of anilines is 1. The predicted octanol–water partition coefficient (Wildman–Crippen LogP) is 3.05. The van der Waals surface area contributed by atoms with E-state index in [1.54, 1.807) is 24.3 Å². The SMILES string of the molecule is CCCc1ccc(NC(=O)NCCNS(=O)(=O)c2ccc(C)cc2)cc1. The summed E-state index contributed by atoms with van der Waals surface area (Å²) >= 11 is 0. The summed E-state index contributed by atoms with van der Waals surface area (Å²) in [4.78, 5) is 12.1. The third kappa shape index (κ3) is 6.16. The van der Waals surface area contributed by atoms with Gasteiger partial charge in [0.05, 0.1) is 4.90 Å². The first-order valence-corrected chi connectivity index (χ1v) is 10.1. The molecule has 2 aromatic rings. The van der Waals surface area contributed by atoms with Crippen LogP contribution in [0.15, 0.2) is 53.4 Å². The fraction of sp³-hybridized carbons (Fsp3) is 0.316. The van der Waals surface area contributed by atoms with E-state index in [9.17, 15) is 13.2 Å². The number of rotatable bonds is 8. The van der Waals surface area contributed by atoms with Gasteiger partial charge in [-0.3, -0.25) is 0 Å². The molecule has 0 saturated heterocycles. The smallest absolute Gasteiger partial charge is 0.319 e. The number of carbonyl (C=O) groups excluding carboxylic acids is 1. The summed E-state index contributed by atoms with van der Waals surface area (Å²) in [6, 6.07) is 13.9. The van der Waals surface area contributed by atoms with E-state index in [-0.39, 0.29) is 24.0 Å². The molecular weight excluding hydrogens is 350 g/mol. The number of hydrogen-bond acceptors (Lipinski definition) is 3. The minimum atomic E-state index is -3.57. The number of carbonyl (C=O) groups is 1. The van der Waals surface area contributed by atoms with Crippen LogP contribution in [0.25, 0.3) is 0 Å². The van der Waals surface area contributed by atoms with E-state index in [1.807, 2.05) is 31.2 Å². The Labute approximate surface area is 155 Å². The highest BCUT2D eigenvalue weighted by molar-refractivity contribution is 7.89. The number of amides is 2. The van der Waals surface area contributed by atoms with Gasteiger partial charge in [-0.05, 0) is 43.2 Å². The molecule has 0 atom stereocenters. The average molecular weight is 375 g/mol. The summed E-state index contributed by atoms with van der Waals surface area (Å²) in [5.74, 6) is 0. The summed E-state index contributed by atoms with van der Waals surface area (Å²) in [6.45, 7) is 4.31. The third-order valence-corrected chi connectivity index (χ3v) is 5.26. The molecule has 0 aliphatic carbocycles. The van der Waals surface area contributed by atoms with Gasteiger partial charge in [-0.25, -0.2) is 17.9 Å². The van der Waals surface area contributed by atoms with E-state index in [4.69, 9.17) is 0 Å². The lowest BCUT2D eigenvalue weighted by atomic mass is 10.1. The lowest BCUT2D eigenvalue weighted by Gasteiger charge is -2.10. The molecule has 0 fully saturated rings. The summed E-state index contributed by atoms with van der Waals surface area (Å²) in [5.41, 5.74) is 2.91. The standard InChI is InChI=1S/C19H25N3O3S/c1-3-4-16-7-9-17(10-8-16)22-19(23)20-13-14-21-26(24,25)18-11-5-15(2)6-12-18/h5-12,21H,3-4,13-14H2,1-2H3,(H2,20,22,23). The van der Waals surface area contributed by atoms with Gasteiger partial charge in [0, 0.05) is 18.8 Å². The van der Waals surface area contributed by atoms with E-state index in [0.29, 0.717) is 5.69 Å². The number of sulfonamides is 1. The molecule has 0 saturated carbocycles. The van der Waals surface area contributed by atoms with Crippen molar-refractivity contribution in [3.8, 4) is 0 Å². The molecule has 0 unspecified atom stereocenters. The van der Waals surface area contributed by atoms with Crippen LogP contribution in [0.1, 0.15) is 24.5 Å². The van der Waals surface area contributed by atoms with Crippen molar-refractivity contribution in [1.29, 1.82) is 0 Å². The zero-order valence-electron chi connectivity index (χ0n) is 15.1. The van der Waals surface area contributed by atoms with Gasteiger partial charge in [0.2, 0.25) is 10.0 Å². The van der Waals surface area contributed by atoms with Crippen LogP contribution in [-0.2, 0) is 16.4 Å². The van der Waals surface area contributed by atoms with Gasteiger partial charge in [0.15, 0.2) is 0 Å². The van der Waals surface area contributed by atoms with Gasteiger partial charge in [0.1, 0.15) is 0 Å². The first-order chi connectivity index (χ1) is 12.4. The van der Waals surface area contributed by atoms with Crippen molar-refractivity contribution in [2.45, 2.75) is 31.6 Å². The van der Waals surface area contributed by atoms with Gasteiger partial charge in [-0.15, -0.1) is 0 Å². The van der Waals surface area contributed by atoms with Crippen LogP contribution in [-0.4, -0.2) is 27.5 Å². The highest BCUT2D eigenvalue weighted by atomic mass is 32.2. The zero-order chi connectivity index (χ0) is 19.0. The molecule has 140 valence electrons. The fourth-order valence-electron chi connectivity index (χ4n) is 2.38. The van der Waals surface area contributed by atoms with E-state index >= 15 is 0 Å². The molecule has 0 aliphatic heterocycles. The van der Waals surface area contributed by atoms with E-state index in [1.165, 1.54) is 5.56 Å². The maximum atomic E-state index is 12.1. The molecule has 0 bridgehead atoms. The normalized spacial score (nSPS) is 11.2. The largest absolute Gasteiger partial charge is 0.337 e. The van der Waals surface area contributed by atoms with Crippen molar-refractivity contribution in [3.05, 3.63) is 59.7 Å². The molecule has 7 heteroatoms. The molecule has 0 aliphatic rings. The number of benzene rings is 2. The van der Waals surface area contributed by atoms with Gasteiger partial charge in [-0.2, -0.15) is 0 Å². The Morgan fingerprint density at radius 3 is 2.23 bits per heavy atom. The van der Waals surface area contributed by atoms with Gasteiger partial charge < -0.3 is 10.6 Å². The molecule has 2 rings (SSSR count). The zero-order valence-corrected chi connectivity index (χ0v) is 15.9. The van der Waals surface area contributed by atoms with Crippen molar-refractivity contribution in [2.75, 3.05) is 18.4 Å². The van der Waals surface area contributed by atoms with Crippen molar-refractivity contribution in [3.63, 3.8) is 0 Å². The predicted molar refractivity (Wildman–Crippen MR) is 104 cm³/mol. The Morgan fingerprint density at radius 2 is 1.62 bits per heavy atom. The van der Waals surface area contributed by atoms with Crippen molar-refractivity contribution in [2.24, 2.45) is 0 Å². The molecule has 0 radical (unpaired) electrons. The Bertz CT molecular complexity index is 816. The molecule has 0 heterocycles. The van der Waals surface area contributed by atoms with Gasteiger partial charge >= 0.3 is 6.03 Å². The molecular formula is C19H25N3O3S. The highest BCUT2D eigenvalue weighted by Crippen LogP contribution is 2.11. The average Bonchev–Trinajstić information content (AvgIpc) is 2.61. The molecule has 2 aromatic carbocycles. The number of nitrogens with one attached hydrogen (secondary N) is 3. The summed E-state index contributed by atoms with van der Waals surface area (Å²) in [7, 11) is -3.57. The maximum absolute atomic E-state index is 12.1. The second kappa shape index (κ2) is 9.35. The molecule has 6 nitrogen and oxygen atoms in total. The number of hydrogen-bond donors (Lipinski definition) is 3. The Morgan fingerprint density at radius 1 is 0.962 bits per heavy atom. The van der Waals surface area contributed by atoms with E-state index in [2.05, 4.69) is 22.3 Å². The third-order valence-electron chi connectivity index (χ3n) is 3.78. The topological polar surface area (TPSA) is 87.3 Å². The van der Waals surface area contributed by atoms with Crippen LogP contribution >= 0.6 is 0 Å². The first-order valence-electron chi connectivity index (χ1n) is 8.61. The number of urea groups is 1. The van der Waals surface area contributed by atoms with Crippen LogP contribution in [0.2, 0.25) is 0 Å². The molecule has 0 spiro atoms. The minimum Gasteiger partial charge on any atom is -0.337 e. The van der Waals surface area contributed by atoms with Crippen molar-refractivity contribution in [1.82, 2.24) is 10.0 Å². The Kier molecular flexibility index (Phi) is 7.17. The summed E-state index contributed by atoms with van der Waals surface area (Å²) < 4.78 is 26.7. The molecule has 3 N–H and O–H groups in total. The van der Waals surface area contributed by atoms with Gasteiger partial charge in [0.25, 0.3) is 0 Å². The molecule has 26 heavy (non-hydrogen) atoms. The van der Waals surface area contributed by atoms with Gasteiger partial charge in [-0.1, -0.05) is 43.2 Å². The molecule has 0 aromatic heterocycles. The minimum absolute atomic E-state index is 0.110. The summed E-state index contributed by atoms with van der Waals surface area (Å²) in [6.07, 6.45) is 2.08. The maximum Gasteiger partial charge on any atom is 0.319 e. The lowest BCUT2D eigenvalue weighted by molar-refractivity contribution is 0.252. The van der Waals surface area contributed by atoms with Crippen molar-refractivity contribution < 1.29 is 13.2 Å². The highest BCUT2D eigenvalue weighted by Gasteiger charge is 2.12. The van der Waals surface area contributed by atoms with Crippen LogP contribution < -0.4 is 15.4 Å². The quantitative estimate of drug-likeness (QED) is 0.620. The fourth-order valence-corrected chi connectivity index (χ4v) is 3.41. The summed E-state index contributed by atoms with van der Waals surface area (Å²) in [5, 5.41) is 5.35. The van der Waals surface area contributed by atoms with Crippen LogP contribution in [0, 0.1) is 6.92 Å². The Hall–Kier alpha value is -2.38.